The highest BCUT2D eigenvalue weighted by Crippen LogP contribution is 2.35. The van der Waals surface area contributed by atoms with Gasteiger partial charge in [0, 0.05) is 33.6 Å². The van der Waals surface area contributed by atoms with Crippen molar-refractivity contribution in [2.45, 2.75) is 26.9 Å². The first-order valence-corrected chi connectivity index (χ1v) is 10.9. The van der Waals surface area contributed by atoms with Gasteiger partial charge in [-0.2, -0.15) is 10.2 Å². The van der Waals surface area contributed by atoms with E-state index >= 15 is 0 Å². The molecule has 4 aromatic rings. The molecule has 4 nitrogen and oxygen atoms in total. The van der Waals surface area contributed by atoms with E-state index in [9.17, 15) is 0 Å². The summed E-state index contributed by atoms with van der Waals surface area (Å²) in [4.78, 5) is 0. The Balaban J connectivity index is 0.000000156. The first-order valence-electron chi connectivity index (χ1n) is 8.18. The van der Waals surface area contributed by atoms with Gasteiger partial charge in [-0.1, -0.05) is 34.8 Å². The number of hydrogen-bond donors (Lipinski definition) is 0. The predicted octanol–water partition coefficient (Wildman–Crippen LogP) is 7.60. The highest BCUT2D eigenvalue weighted by molar-refractivity contribution is 9.10. The van der Waals surface area contributed by atoms with Crippen LogP contribution in [0.3, 0.4) is 0 Å². The summed E-state index contributed by atoms with van der Waals surface area (Å²) in [6.07, 6.45) is 1.96. The average Bonchev–Trinajstić information content (AvgIpc) is 3.23. The van der Waals surface area contributed by atoms with Crippen molar-refractivity contribution in [3.8, 4) is 0 Å². The Kier molecular flexibility index (Phi) is 6.75. The molecule has 0 aliphatic rings. The maximum absolute atomic E-state index is 6.13. The lowest BCUT2D eigenvalue weighted by Gasteiger charge is -1.97. The lowest BCUT2D eigenvalue weighted by atomic mass is 10.2. The Morgan fingerprint density at radius 1 is 0.852 bits per heavy atom. The number of aromatic nitrogens is 4. The van der Waals surface area contributed by atoms with Crippen LogP contribution >= 0.6 is 66.7 Å². The Labute approximate surface area is 188 Å². The molecule has 4 rings (SSSR count). The monoisotopic (exact) mass is 550 g/mol. The number of halogens is 5. The first kappa shape index (κ1) is 20.9. The molecule has 9 heteroatoms. The van der Waals surface area contributed by atoms with E-state index in [0.29, 0.717) is 10.2 Å². The van der Waals surface area contributed by atoms with Crippen LogP contribution in [0.5, 0.6) is 0 Å². The number of aryl methyl sites for hydroxylation is 2. The van der Waals surface area contributed by atoms with E-state index in [-0.39, 0.29) is 0 Å². The van der Waals surface area contributed by atoms with E-state index < -0.39 is 0 Å². The summed E-state index contributed by atoms with van der Waals surface area (Å²) in [7, 11) is 0. The SMILES string of the molecule is CCn1cc2c(Cl)c(Br)ccc2n1.CCn1nc2ccc(Br)c(Cl)c2c1Cl. The minimum absolute atomic E-state index is 0.591. The van der Waals surface area contributed by atoms with E-state index in [0.717, 1.165) is 48.9 Å². The fourth-order valence-corrected chi connectivity index (χ4v) is 4.11. The maximum atomic E-state index is 6.13. The van der Waals surface area contributed by atoms with Crippen molar-refractivity contribution in [3.05, 3.63) is 54.6 Å². The second kappa shape index (κ2) is 8.70. The van der Waals surface area contributed by atoms with Crippen LogP contribution in [-0.2, 0) is 13.1 Å². The molecule has 27 heavy (non-hydrogen) atoms. The van der Waals surface area contributed by atoms with Crippen LogP contribution in [-0.4, -0.2) is 19.6 Å². The van der Waals surface area contributed by atoms with E-state index in [1.165, 1.54) is 0 Å². The molecule has 2 aromatic heterocycles. The van der Waals surface area contributed by atoms with Crippen LogP contribution < -0.4 is 0 Å². The molecule has 0 aliphatic carbocycles. The van der Waals surface area contributed by atoms with Gasteiger partial charge in [-0.15, -0.1) is 0 Å². The van der Waals surface area contributed by atoms with Crippen molar-refractivity contribution >= 4 is 88.5 Å². The first-order chi connectivity index (χ1) is 12.9. The van der Waals surface area contributed by atoms with E-state index in [1.54, 1.807) is 4.68 Å². The Morgan fingerprint density at radius 2 is 1.48 bits per heavy atom. The molecule has 0 bridgehead atoms. The molecule has 0 saturated carbocycles. The molecule has 0 unspecified atom stereocenters. The number of fused-ring (bicyclic) bond motifs is 2. The third-order valence-electron chi connectivity index (χ3n) is 3.98. The molecule has 0 N–H and O–H groups in total. The highest BCUT2D eigenvalue weighted by atomic mass is 79.9. The van der Waals surface area contributed by atoms with E-state index in [2.05, 4.69) is 49.0 Å². The summed E-state index contributed by atoms with van der Waals surface area (Å²) in [6.45, 7) is 5.64. The third kappa shape index (κ3) is 4.15. The smallest absolute Gasteiger partial charge is 0.136 e. The van der Waals surface area contributed by atoms with Gasteiger partial charge in [0.15, 0.2) is 0 Å². The lowest BCUT2D eigenvalue weighted by Crippen LogP contribution is -1.94. The zero-order chi connectivity index (χ0) is 19.7. The molecule has 0 atom stereocenters. The molecule has 0 radical (unpaired) electrons. The molecule has 0 amide bonds. The molecule has 0 fully saturated rings. The van der Waals surface area contributed by atoms with Crippen LogP contribution in [0, 0.1) is 0 Å². The van der Waals surface area contributed by atoms with Crippen molar-refractivity contribution in [2.75, 3.05) is 0 Å². The van der Waals surface area contributed by atoms with Crippen molar-refractivity contribution in [3.63, 3.8) is 0 Å². The largest absolute Gasteiger partial charge is 0.272 e. The van der Waals surface area contributed by atoms with Crippen LogP contribution in [0.25, 0.3) is 21.8 Å². The van der Waals surface area contributed by atoms with Gasteiger partial charge < -0.3 is 0 Å². The standard InChI is InChI=1S/C9H7BrCl2N2.C9H8BrClN2/c1-2-14-9(12)7-6(13-14)4-3-5(10)8(7)11;1-2-13-5-6-8(12-13)4-3-7(10)9(6)11/h3-4H,2H2,1H3;3-5H,2H2,1H3. The van der Waals surface area contributed by atoms with Crippen molar-refractivity contribution < 1.29 is 0 Å². The Hall–Kier alpha value is -0.790. The summed E-state index contributed by atoms with van der Waals surface area (Å²) in [6, 6.07) is 7.63. The van der Waals surface area contributed by atoms with Gasteiger partial charge in [0.2, 0.25) is 0 Å². The summed E-state index contributed by atoms with van der Waals surface area (Å²) in [5, 5.41) is 12.4. The zero-order valence-electron chi connectivity index (χ0n) is 14.5. The molecule has 2 aromatic carbocycles. The average molecular weight is 554 g/mol. The zero-order valence-corrected chi connectivity index (χ0v) is 19.9. The van der Waals surface area contributed by atoms with Gasteiger partial charge in [0.1, 0.15) is 5.15 Å². The molecule has 0 spiro atoms. The van der Waals surface area contributed by atoms with Crippen LogP contribution in [0.15, 0.2) is 39.4 Å². The third-order valence-corrected chi connectivity index (χ3v) is 6.94. The Morgan fingerprint density at radius 3 is 2.11 bits per heavy atom. The summed E-state index contributed by atoms with van der Waals surface area (Å²) < 4.78 is 5.36. The van der Waals surface area contributed by atoms with Gasteiger partial charge in [-0.05, 0) is 70.0 Å². The number of benzene rings is 2. The summed E-state index contributed by atoms with van der Waals surface area (Å²) in [5.41, 5.74) is 1.76. The lowest BCUT2D eigenvalue weighted by molar-refractivity contribution is 0.668. The number of rotatable bonds is 2. The number of nitrogens with zero attached hydrogens (tertiary/aromatic N) is 4. The second-order valence-electron chi connectivity index (χ2n) is 5.64. The molecular weight excluding hydrogens is 538 g/mol. The molecule has 2 heterocycles. The van der Waals surface area contributed by atoms with Crippen LogP contribution in [0.4, 0.5) is 0 Å². The molecule has 142 valence electrons. The normalized spacial score (nSPS) is 11.1. The van der Waals surface area contributed by atoms with Crippen molar-refractivity contribution in [1.29, 1.82) is 0 Å². The van der Waals surface area contributed by atoms with Crippen molar-refractivity contribution in [2.24, 2.45) is 0 Å². The van der Waals surface area contributed by atoms with Gasteiger partial charge in [-0.25, -0.2) is 0 Å². The van der Waals surface area contributed by atoms with Crippen molar-refractivity contribution in [1.82, 2.24) is 19.6 Å². The van der Waals surface area contributed by atoms with Gasteiger partial charge >= 0.3 is 0 Å². The van der Waals surface area contributed by atoms with E-state index in [1.807, 2.05) is 42.1 Å². The fraction of sp³-hybridized carbons (Fsp3) is 0.222. The molecule has 0 saturated heterocycles. The minimum Gasteiger partial charge on any atom is -0.272 e. The van der Waals surface area contributed by atoms with Gasteiger partial charge in [-0.3, -0.25) is 9.36 Å². The minimum atomic E-state index is 0.591. The Bertz CT molecular complexity index is 1120. The quantitative estimate of drug-likeness (QED) is 0.256. The van der Waals surface area contributed by atoms with Crippen LogP contribution in [0.1, 0.15) is 13.8 Å². The maximum Gasteiger partial charge on any atom is 0.136 e. The highest BCUT2D eigenvalue weighted by Gasteiger charge is 2.13. The summed E-state index contributed by atoms with van der Waals surface area (Å²) in [5.74, 6) is 0. The van der Waals surface area contributed by atoms with Crippen LogP contribution in [0.2, 0.25) is 15.2 Å². The fourth-order valence-electron chi connectivity index (χ4n) is 2.58. The number of hydrogen-bond acceptors (Lipinski definition) is 2. The van der Waals surface area contributed by atoms with E-state index in [4.69, 9.17) is 34.8 Å². The van der Waals surface area contributed by atoms with Gasteiger partial charge in [0.25, 0.3) is 0 Å². The topological polar surface area (TPSA) is 35.6 Å². The van der Waals surface area contributed by atoms with Gasteiger partial charge in [0.05, 0.1) is 26.5 Å². The summed E-state index contributed by atoms with van der Waals surface area (Å²) >= 11 is 25.1. The molecular formula is C18H15Br2Cl3N4. The predicted molar refractivity (Wildman–Crippen MR) is 121 cm³/mol. The second-order valence-corrected chi connectivity index (χ2v) is 8.46. The molecule has 0 aliphatic heterocycles.